The van der Waals surface area contributed by atoms with Crippen molar-refractivity contribution in [2.45, 2.75) is 20.3 Å². The Balaban J connectivity index is 2.31. The van der Waals surface area contributed by atoms with Crippen molar-refractivity contribution >= 4 is 5.82 Å². The highest BCUT2D eigenvalue weighted by molar-refractivity contribution is 5.58. The summed E-state index contributed by atoms with van der Waals surface area (Å²) in [5, 5.41) is 7.61. The highest BCUT2D eigenvalue weighted by Crippen LogP contribution is 2.17. The van der Waals surface area contributed by atoms with Gasteiger partial charge in [0, 0.05) is 25.9 Å². The number of rotatable bonds is 4. The summed E-state index contributed by atoms with van der Waals surface area (Å²) in [5.41, 5.74) is 1.73. The maximum absolute atomic E-state index is 4.40. The van der Waals surface area contributed by atoms with Crippen LogP contribution in [-0.2, 0) is 7.05 Å². The van der Waals surface area contributed by atoms with Crippen LogP contribution in [0.15, 0.2) is 18.3 Å². The zero-order valence-corrected chi connectivity index (χ0v) is 10.4. The smallest absolute Gasteiger partial charge is 0.130 e. The standard InChI is InChI=1S/C12H17N5/c1-4-6-13-12-8-11(14-9(2)15-12)10-5-7-17(3)16-10/h5,7-8H,4,6H2,1-3H3,(H,13,14,15). The van der Waals surface area contributed by atoms with Gasteiger partial charge in [-0.3, -0.25) is 4.68 Å². The van der Waals surface area contributed by atoms with Crippen molar-refractivity contribution in [3.63, 3.8) is 0 Å². The van der Waals surface area contributed by atoms with Crippen LogP contribution in [0.3, 0.4) is 0 Å². The van der Waals surface area contributed by atoms with E-state index in [1.165, 1.54) is 0 Å². The van der Waals surface area contributed by atoms with E-state index in [4.69, 9.17) is 0 Å². The SMILES string of the molecule is CCCNc1cc(-c2ccn(C)n2)nc(C)n1. The maximum Gasteiger partial charge on any atom is 0.130 e. The molecule has 17 heavy (non-hydrogen) atoms. The Morgan fingerprint density at radius 3 is 2.76 bits per heavy atom. The molecule has 5 heteroatoms. The Labute approximate surface area is 101 Å². The van der Waals surface area contributed by atoms with Gasteiger partial charge in [-0.25, -0.2) is 9.97 Å². The first-order valence-corrected chi connectivity index (χ1v) is 5.78. The van der Waals surface area contributed by atoms with Crippen LogP contribution in [0, 0.1) is 6.92 Å². The van der Waals surface area contributed by atoms with Gasteiger partial charge in [-0.05, 0) is 19.4 Å². The lowest BCUT2D eigenvalue weighted by Gasteiger charge is -2.06. The van der Waals surface area contributed by atoms with Crippen LogP contribution >= 0.6 is 0 Å². The fourth-order valence-corrected chi connectivity index (χ4v) is 1.59. The molecule has 0 spiro atoms. The van der Waals surface area contributed by atoms with Crippen molar-refractivity contribution in [1.82, 2.24) is 19.7 Å². The first-order chi connectivity index (χ1) is 8.19. The van der Waals surface area contributed by atoms with Gasteiger partial charge in [-0.15, -0.1) is 0 Å². The van der Waals surface area contributed by atoms with Crippen LogP contribution in [0.1, 0.15) is 19.2 Å². The topological polar surface area (TPSA) is 55.6 Å². The number of hydrogen-bond acceptors (Lipinski definition) is 4. The van der Waals surface area contributed by atoms with E-state index in [0.29, 0.717) is 0 Å². The minimum atomic E-state index is 0.756. The molecule has 2 aromatic rings. The lowest BCUT2D eigenvalue weighted by atomic mass is 10.3. The van der Waals surface area contributed by atoms with E-state index in [-0.39, 0.29) is 0 Å². The second-order valence-electron chi connectivity index (χ2n) is 3.99. The van der Waals surface area contributed by atoms with E-state index >= 15 is 0 Å². The molecule has 0 aromatic carbocycles. The molecule has 90 valence electrons. The summed E-state index contributed by atoms with van der Waals surface area (Å²) < 4.78 is 1.77. The zero-order chi connectivity index (χ0) is 12.3. The van der Waals surface area contributed by atoms with Gasteiger partial charge in [-0.1, -0.05) is 6.92 Å². The minimum Gasteiger partial charge on any atom is -0.370 e. The molecule has 0 amide bonds. The highest BCUT2D eigenvalue weighted by atomic mass is 15.3. The quantitative estimate of drug-likeness (QED) is 0.874. The van der Waals surface area contributed by atoms with E-state index in [9.17, 15) is 0 Å². The molecule has 0 unspecified atom stereocenters. The Bertz CT molecular complexity index is 503. The lowest BCUT2D eigenvalue weighted by molar-refractivity contribution is 0.769. The van der Waals surface area contributed by atoms with Crippen molar-refractivity contribution in [3.8, 4) is 11.4 Å². The second-order valence-corrected chi connectivity index (χ2v) is 3.99. The third-order valence-electron chi connectivity index (χ3n) is 2.37. The summed E-state index contributed by atoms with van der Waals surface area (Å²) >= 11 is 0. The third-order valence-corrected chi connectivity index (χ3v) is 2.37. The fraction of sp³-hybridized carbons (Fsp3) is 0.417. The van der Waals surface area contributed by atoms with Gasteiger partial charge < -0.3 is 5.32 Å². The number of aromatic nitrogens is 4. The van der Waals surface area contributed by atoms with Crippen molar-refractivity contribution in [3.05, 3.63) is 24.2 Å². The summed E-state index contributed by atoms with van der Waals surface area (Å²) in [5.74, 6) is 1.62. The first kappa shape index (κ1) is 11.6. The first-order valence-electron chi connectivity index (χ1n) is 5.78. The molecule has 0 radical (unpaired) electrons. The highest BCUT2D eigenvalue weighted by Gasteiger charge is 2.06. The predicted molar refractivity (Wildman–Crippen MR) is 67.8 cm³/mol. The van der Waals surface area contributed by atoms with Gasteiger partial charge in [0.15, 0.2) is 0 Å². The van der Waals surface area contributed by atoms with Crippen molar-refractivity contribution in [2.24, 2.45) is 7.05 Å². The number of aryl methyl sites for hydroxylation is 2. The molecule has 0 saturated carbocycles. The Hall–Kier alpha value is -1.91. The summed E-state index contributed by atoms with van der Waals surface area (Å²) in [7, 11) is 1.90. The van der Waals surface area contributed by atoms with E-state index in [1.807, 2.05) is 32.3 Å². The van der Waals surface area contributed by atoms with Gasteiger partial charge in [0.25, 0.3) is 0 Å². The number of nitrogens with zero attached hydrogens (tertiary/aromatic N) is 4. The molecule has 0 aliphatic carbocycles. The zero-order valence-electron chi connectivity index (χ0n) is 10.4. The number of nitrogens with one attached hydrogen (secondary N) is 1. The van der Waals surface area contributed by atoms with Crippen LogP contribution in [0.2, 0.25) is 0 Å². The molecule has 0 saturated heterocycles. The van der Waals surface area contributed by atoms with Gasteiger partial charge in [0.05, 0.1) is 5.69 Å². The van der Waals surface area contributed by atoms with E-state index in [0.717, 1.165) is 36.0 Å². The van der Waals surface area contributed by atoms with Crippen LogP contribution in [0.4, 0.5) is 5.82 Å². The van der Waals surface area contributed by atoms with Gasteiger partial charge in [-0.2, -0.15) is 5.10 Å². The molecular weight excluding hydrogens is 214 g/mol. The fourth-order valence-electron chi connectivity index (χ4n) is 1.59. The van der Waals surface area contributed by atoms with Crippen LogP contribution in [0.5, 0.6) is 0 Å². The maximum atomic E-state index is 4.40. The number of anilines is 1. The largest absolute Gasteiger partial charge is 0.370 e. The lowest BCUT2D eigenvalue weighted by Crippen LogP contribution is -2.04. The number of hydrogen-bond donors (Lipinski definition) is 1. The Morgan fingerprint density at radius 1 is 1.29 bits per heavy atom. The second kappa shape index (κ2) is 4.95. The molecule has 0 aliphatic heterocycles. The molecule has 1 N–H and O–H groups in total. The molecule has 2 rings (SSSR count). The molecule has 2 heterocycles. The van der Waals surface area contributed by atoms with Crippen LogP contribution in [0.25, 0.3) is 11.4 Å². The molecule has 0 aliphatic rings. The molecule has 0 atom stereocenters. The third kappa shape index (κ3) is 2.81. The summed E-state index contributed by atoms with van der Waals surface area (Å²) in [6.45, 7) is 4.93. The summed E-state index contributed by atoms with van der Waals surface area (Å²) in [6.07, 6.45) is 2.98. The summed E-state index contributed by atoms with van der Waals surface area (Å²) in [6, 6.07) is 3.89. The monoisotopic (exact) mass is 231 g/mol. The molecule has 5 nitrogen and oxygen atoms in total. The molecular formula is C12H17N5. The Morgan fingerprint density at radius 2 is 2.12 bits per heavy atom. The van der Waals surface area contributed by atoms with Gasteiger partial charge in [0.2, 0.25) is 0 Å². The predicted octanol–water partition coefficient (Wildman–Crippen LogP) is 2.01. The Kier molecular flexibility index (Phi) is 3.37. The van der Waals surface area contributed by atoms with E-state index in [2.05, 4.69) is 27.3 Å². The summed E-state index contributed by atoms with van der Waals surface area (Å²) in [4.78, 5) is 8.75. The van der Waals surface area contributed by atoms with Crippen LogP contribution in [-0.4, -0.2) is 26.3 Å². The van der Waals surface area contributed by atoms with Crippen molar-refractivity contribution in [2.75, 3.05) is 11.9 Å². The average molecular weight is 231 g/mol. The van der Waals surface area contributed by atoms with Crippen molar-refractivity contribution < 1.29 is 0 Å². The average Bonchev–Trinajstić information content (AvgIpc) is 2.72. The molecule has 0 fully saturated rings. The minimum absolute atomic E-state index is 0.756. The normalized spacial score (nSPS) is 10.5. The van der Waals surface area contributed by atoms with Gasteiger partial charge >= 0.3 is 0 Å². The van der Waals surface area contributed by atoms with E-state index < -0.39 is 0 Å². The molecule has 0 bridgehead atoms. The molecule has 2 aromatic heterocycles. The van der Waals surface area contributed by atoms with Crippen molar-refractivity contribution in [1.29, 1.82) is 0 Å². The van der Waals surface area contributed by atoms with Crippen LogP contribution < -0.4 is 5.32 Å². The van der Waals surface area contributed by atoms with E-state index in [1.54, 1.807) is 4.68 Å². The van der Waals surface area contributed by atoms with Gasteiger partial charge in [0.1, 0.15) is 17.3 Å².